The van der Waals surface area contributed by atoms with Crippen molar-refractivity contribution in [3.8, 4) is 0 Å². The molecule has 2 heterocycles. The van der Waals surface area contributed by atoms with Gasteiger partial charge < -0.3 is 64.2 Å². The van der Waals surface area contributed by atoms with Crippen LogP contribution in [0.4, 0.5) is 0 Å². The lowest BCUT2D eigenvalue weighted by molar-refractivity contribution is -0.332. The van der Waals surface area contributed by atoms with Crippen LogP contribution in [-0.4, -0.2) is 142 Å². The number of unbranched alkanes of at least 4 members (excludes halogenated alkanes) is 10. The molecule has 2 saturated heterocycles. The van der Waals surface area contributed by atoms with Crippen LogP contribution in [0, 0.1) is 0 Å². The van der Waals surface area contributed by atoms with E-state index < -0.39 is 99.3 Å². The van der Waals surface area contributed by atoms with E-state index in [0.29, 0.717) is 12.8 Å². The summed E-state index contributed by atoms with van der Waals surface area (Å²) in [6.07, 6.45) is 26.7. The molecule has 2 fully saturated rings. The van der Waals surface area contributed by atoms with E-state index >= 15 is 0 Å². The van der Waals surface area contributed by atoms with Crippen molar-refractivity contribution < 1.29 is 73.8 Å². The molecule has 2 aliphatic rings. The summed E-state index contributed by atoms with van der Waals surface area (Å²) in [4.78, 5) is 25.6. The number of rotatable bonds is 36. The van der Waals surface area contributed by atoms with Crippen LogP contribution in [0.5, 0.6) is 0 Å². The third kappa shape index (κ3) is 25.9. The maximum Gasteiger partial charge on any atom is 0.306 e. The fourth-order valence-electron chi connectivity index (χ4n) is 7.06. The Balaban J connectivity index is 1.85. The molecule has 15 heteroatoms. The lowest BCUT2D eigenvalue weighted by atomic mass is 9.98. The van der Waals surface area contributed by atoms with Crippen LogP contribution in [0.3, 0.4) is 0 Å². The first-order chi connectivity index (χ1) is 32.0. The number of ether oxygens (including phenoxy) is 6. The number of aliphatic hydroxyl groups is 7. The maximum atomic E-state index is 12.9. The molecular weight excluding hydrogens is 853 g/mol. The highest BCUT2D eigenvalue weighted by atomic mass is 16.7. The van der Waals surface area contributed by atoms with Crippen molar-refractivity contribution >= 4 is 11.9 Å². The summed E-state index contributed by atoms with van der Waals surface area (Å²) in [6, 6.07) is 0. The van der Waals surface area contributed by atoms with Crippen molar-refractivity contribution in [1.82, 2.24) is 0 Å². The largest absolute Gasteiger partial charge is 0.462 e. The molecule has 0 aliphatic carbocycles. The second kappa shape index (κ2) is 37.9. The Hall–Kier alpha value is -3.06. The second-order valence-corrected chi connectivity index (χ2v) is 16.9. The van der Waals surface area contributed by atoms with Crippen molar-refractivity contribution in [2.45, 2.75) is 210 Å². The molecule has 2 rings (SSSR count). The van der Waals surface area contributed by atoms with Crippen LogP contribution in [0.15, 0.2) is 72.9 Å². The van der Waals surface area contributed by atoms with E-state index in [0.717, 1.165) is 70.6 Å². The van der Waals surface area contributed by atoms with E-state index in [2.05, 4.69) is 74.6 Å². The van der Waals surface area contributed by atoms with Crippen LogP contribution in [0.1, 0.15) is 142 Å². The number of hydrogen-bond donors (Lipinski definition) is 7. The summed E-state index contributed by atoms with van der Waals surface area (Å²) in [5, 5.41) is 71.9. The Morgan fingerprint density at radius 1 is 0.485 bits per heavy atom. The molecule has 0 amide bonds. The van der Waals surface area contributed by atoms with Gasteiger partial charge in [0.05, 0.1) is 19.8 Å². The van der Waals surface area contributed by atoms with E-state index in [4.69, 9.17) is 28.4 Å². The molecule has 0 bridgehead atoms. The first kappa shape index (κ1) is 59.1. The second-order valence-electron chi connectivity index (χ2n) is 16.9. The lowest BCUT2D eigenvalue weighted by Gasteiger charge is -2.42. The van der Waals surface area contributed by atoms with E-state index in [1.165, 1.54) is 32.1 Å². The van der Waals surface area contributed by atoms with Gasteiger partial charge in [0, 0.05) is 12.8 Å². The zero-order valence-electron chi connectivity index (χ0n) is 39.6. The van der Waals surface area contributed by atoms with Gasteiger partial charge in [-0.3, -0.25) is 9.59 Å². The van der Waals surface area contributed by atoms with Crippen molar-refractivity contribution in [2.24, 2.45) is 0 Å². The third-order valence-electron chi connectivity index (χ3n) is 11.2. The summed E-state index contributed by atoms with van der Waals surface area (Å²) in [5.41, 5.74) is 0. The molecule has 15 nitrogen and oxygen atoms in total. The summed E-state index contributed by atoms with van der Waals surface area (Å²) in [7, 11) is 0. The summed E-state index contributed by atoms with van der Waals surface area (Å²) < 4.78 is 33.4. The molecule has 0 radical (unpaired) electrons. The van der Waals surface area contributed by atoms with E-state index in [9.17, 15) is 45.3 Å². The summed E-state index contributed by atoms with van der Waals surface area (Å²) >= 11 is 0. The molecule has 7 N–H and O–H groups in total. The van der Waals surface area contributed by atoms with Gasteiger partial charge >= 0.3 is 11.9 Å². The van der Waals surface area contributed by atoms with Crippen LogP contribution in [0.2, 0.25) is 0 Å². The van der Waals surface area contributed by atoms with Crippen LogP contribution < -0.4 is 0 Å². The van der Waals surface area contributed by atoms with E-state index in [-0.39, 0.29) is 19.4 Å². The quantitative estimate of drug-likeness (QED) is 0.0209. The van der Waals surface area contributed by atoms with Crippen molar-refractivity contribution in [3.05, 3.63) is 72.9 Å². The van der Waals surface area contributed by atoms with Crippen molar-refractivity contribution in [2.75, 3.05) is 26.4 Å². The SMILES string of the molecule is CCCC/C=C/CCCCCCCC(=O)O[C@@H](COC(=O)CC/C=C/C/C=C/C/C=C/C/C=C/C/C=C/CCCCC)CO[C@@H]1O[C@H](CO[C@@H]2O[C@H](CO)[C@H](O)C(O)C2O)[C@H](O)C(O)C1O. The average molecular weight is 937 g/mol. The Kier molecular flexibility index (Phi) is 33.9. The van der Waals surface area contributed by atoms with Crippen molar-refractivity contribution in [3.63, 3.8) is 0 Å². The molecule has 0 spiro atoms. The molecule has 0 saturated carbocycles. The standard InChI is InChI=1S/C51H84O15/c1-3-5-7-9-11-13-15-16-17-18-19-20-21-22-24-25-27-29-31-33-42(53)61-36-39(64-43(54)34-32-30-28-26-23-14-12-10-8-6-4-2)37-62-50-49(60)47(58)45(56)41(66-50)38-63-51-48(59)46(57)44(55)40(35-52)65-51/h10-13,16-17,19-20,22,24,27,29,39-41,44-52,55-60H,3-9,14-15,18,21,23,25-26,28,30-38H2,1-2H3/b12-10+,13-11+,17-16+,20-19+,24-22+,29-27+/t39-,40+,41+,44-,45-,46?,47?,48?,49?,50+,51+/m0/s1. The number of aliphatic hydroxyl groups excluding tert-OH is 7. The normalized spacial score (nSPS) is 26.8. The molecule has 0 aromatic heterocycles. The Bertz CT molecular complexity index is 1430. The molecule has 0 aromatic carbocycles. The fourth-order valence-corrected chi connectivity index (χ4v) is 7.06. The Labute approximate surface area is 393 Å². The third-order valence-corrected chi connectivity index (χ3v) is 11.2. The van der Waals surface area contributed by atoms with Gasteiger partial charge in [-0.05, 0) is 70.6 Å². The van der Waals surface area contributed by atoms with Gasteiger partial charge in [-0.2, -0.15) is 0 Å². The highest BCUT2D eigenvalue weighted by Crippen LogP contribution is 2.26. The number of hydrogen-bond acceptors (Lipinski definition) is 15. The topological polar surface area (TPSA) is 231 Å². The predicted octanol–water partition coefficient (Wildman–Crippen LogP) is 6.26. The summed E-state index contributed by atoms with van der Waals surface area (Å²) in [5.74, 6) is -1.04. The zero-order valence-corrected chi connectivity index (χ0v) is 39.6. The molecule has 0 aromatic rings. The minimum absolute atomic E-state index is 0.0891. The zero-order chi connectivity index (χ0) is 48.2. The van der Waals surface area contributed by atoms with Crippen molar-refractivity contribution in [1.29, 1.82) is 0 Å². The number of carbonyl (C=O) groups is 2. The van der Waals surface area contributed by atoms with Gasteiger partial charge in [-0.15, -0.1) is 0 Å². The number of allylic oxidation sites excluding steroid dienone is 12. The van der Waals surface area contributed by atoms with Gasteiger partial charge in [0.1, 0.15) is 55.4 Å². The maximum absolute atomic E-state index is 12.9. The smallest absolute Gasteiger partial charge is 0.306 e. The van der Waals surface area contributed by atoms with Gasteiger partial charge in [0.25, 0.3) is 0 Å². The molecule has 2 aliphatic heterocycles. The van der Waals surface area contributed by atoms with Gasteiger partial charge in [-0.1, -0.05) is 132 Å². The van der Waals surface area contributed by atoms with E-state index in [1.54, 1.807) is 0 Å². The van der Waals surface area contributed by atoms with E-state index in [1.807, 2.05) is 12.2 Å². The molecular formula is C51H84O15. The fraction of sp³-hybridized carbons (Fsp3) is 0.725. The van der Waals surface area contributed by atoms with Crippen LogP contribution >= 0.6 is 0 Å². The van der Waals surface area contributed by atoms with Gasteiger partial charge in [-0.25, -0.2) is 0 Å². The average Bonchev–Trinajstić information content (AvgIpc) is 3.31. The Morgan fingerprint density at radius 2 is 0.955 bits per heavy atom. The number of carbonyl (C=O) groups excluding carboxylic acids is 2. The monoisotopic (exact) mass is 937 g/mol. The minimum atomic E-state index is -1.78. The van der Waals surface area contributed by atoms with Gasteiger partial charge in [0.15, 0.2) is 18.7 Å². The Morgan fingerprint density at radius 3 is 1.55 bits per heavy atom. The number of esters is 2. The molecule has 4 unspecified atom stereocenters. The lowest BCUT2D eigenvalue weighted by Crippen LogP contribution is -2.61. The highest BCUT2D eigenvalue weighted by molar-refractivity contribution is 5.70. The van der Waals surface area contributed by atoms with Crippen LogP contribution in [-0.2, 0) is 38.0 Å². The first-order valence-corrected chi connectivity index (χ1v) is 24.5. The molecule has 66 heavy (non-hydrogen) atoms. The van der Waals surface area contributed by atoms with Gasteiger partial charge in [0.2, 0.25) is 0 Å². The van der Waals surface area contributed by atoms with Crippen LogP contribution in [0.25, 0.3) is 0 Å². The predicted molar refractivity (Wildman–Crippen MR) is 252 cm³/mol. The first-order valence-electron chi connectivity index (χ1n) is 24.5. The summed E-state index contributed by atoms with van der Waals surface area (Å²) in [6.45, 7) is 2.40. The molecule has 378 valence electrons. The molecule has 11 atom stereocenters. The minimum Gasteiger partial charge on any atom is -0.462 e. The highest BCUT2D eigenvalue weighted by Gasteiger charge is 2.47.